The molecule has 2 aromatic carbocycles. The molecule has 0 radical (unpaired) electrons. The summed E-state index contributed by atoms with van der Waals surface area (Å²) in [5.41, 5.74) is 1.19. The number of nitrogens with one attached hydrogen (secondary N) is 2. The smallest absolute Gasteiger partial charge is 0.251 e. The lowest BCUT2D eigenvalue weighted by Gasteiger charge is -2.23. The zero-order valence-corrected chi connectivity index (χ0v) is 16.7. The van der Waals surface area contributed by atoms with Crippen LogP contribution >= 0.6 is 0 Å². The van der Waals surface area contributed by atoms with E-state index in [0.29, 0.717) is 23.6 Å². The summed E-state index contributed by atoms with van der Waals surface area (Å²) in [6.45, 7) is 3.05. The van der Waals surface area contributed by atoms with Crippen LogP contribution in [0, 0.1) is 0 Å². The van der Waals surface area contributed by atoms with E-state index in [9.17, 15) is 9.59 Å². The Morgan fingerprint density at radius 3 is 2.62 bits per heavy atom. The Kier molecular flexibility index (Phi) is 7.64. The normalized spacial score (nSPS) is 17.2. The van der Waals surface area contributed by atoms with Crippen LogP contribution in [0.15, 0.2) is 54.6 Å². The van der Waals surface area contributed by atoms with E-state index in [1.807, 2.05) is 49.4 Å². The predicted molar refractivity (Wildman–Crippen MR) is 112 cm³/mol. The molecule has 29 heavy (non-hydrogen) atoms. The predicted octanol–water partition coefficient (Wildman–Crippen LogP) is 3.78. The lowest BCUT2D eigenvalue weighted by molar-refractivity contribution is -0.116. The second-order valence-corrected chi connectivity index (χ2v) is 7.29. The minimum Gasteiger partial charge on any atom is -0.489 e. The van der Waals surface area contributed by atoms with Crippen molar-refractivity contribution in [2.75, 3.05) is 18.5 Å². The first kappa shape index (κ1) is 20.9. The number of amides is 2. The second kappa shape index (κ2) is 10.6. The highest BCUT2D eigenvalue weighted by Crippen LogP contribution is 2.25. The molecular weight excluding hydrogens is 368 g/mol. The summed E-state index contributed by atoms with van der Waals surface area (Å²) in [6, 6.07) is 16.0. The first-order chi connectivity index (χ1) is 14.1. The van der Waals surface area contributed by atoms with Crippen molar-refractivity contribution >= 4 is 17.5 Å². The van der Waals surface area contributed by atoms with Crippen LogP contribution in [0.2, 0.25) is 0 Å². The summed E-state index contributed by atoms with van der Waals surface area (Å²) in [7, 11) is 0. The number of para-hydroxylation sites is 2. The van der Waals surface area contributed by atoms with Gasteiger partial charge in [0.25, 0.3) is 5.91 Å². The van der Waals surface area contributed by atoms with Gasteiger partial charge in [0.15, 0.2) is 0 Å². The molecule has 1 fully saturated rings. The van der Waals surface area contributed by atoms with Crippen LogP contribution in [0.5, 0.6) is 5.75 Å². The van der Waals surface area contributed by atoms with Crippen LogP contribution in [0.4, 0.5) is 5.69 Å². The lowest BCUT2D eigenvalue weighted by atomic mass is 10.1. The fourth-order valence-electron chi connectivity index (χ4n) is 3.24. The molecule has 0 bridgehead atoms. The highest BCUT2D eigenvalue weighted by atomic mass is 16.5. The standard InChI is InChI=1S/C23H28N2O4/c1-17(24-23(27)18-9-3-2-4-10-18)15-22(26)25-20-12-5-6-13-21(20)29-16-19-11-7-8-14-28-19/h2-6,9-10,12-13,17,19H,7-8,11,14-16H2,1H3,(H,24,27)(H,25,26). The van der Waals surface area contributed by atoms with E-state index < -0.39 is 0 Å². The van der Waals surface area contributed by atoms with E-state index in [1.165, 1.54) is 0 Å². The molecule has 0 saturated carbocycles. The van der Waals surface area contributed by atoms with Crippen molar-refractivity contribution in [1.82, 2.24) is 5.32 Å². The summed E-state index contributed by atoms with van der Waals surface area (Å²) in [6.07, 6.45) is 3.51. The van der Waals surface area contributed by atoms with Crippen molar-refractivity contribution in [3.8, 4) is 5.75 Å². The maximum atomic E-state index is 12.5. The van der Waals surface area contributed by atoms with E-state index in [1.54, 1.807) is 12.1 Å². The van der Waals surface area contributed by atoms with Gasteiger partial charge in [-0.1, -0.05) is 30.3 Å². The second-order valence-electron chi connectivity index (χ2n) is 7.29. The van der Waals surface area contributed by atoms with Gasteiger partial charge in [0, 0.05) is 24.6 Å². The third kappa shape index (κ3) is 6.61. The number of rotatable bonds is 8. The fourth-order valence-corrected chi connectivity index (χ4v) is 3.24. The fraction of sp³-hybridized carbons (Fsp3) is 0.391. The maximum absolute atomic E-state index is 12.5. The molecular formula is C23H28N2O4. The molecule has 1 saturated heterocycles. The van der Waals surface area contributed by atoms with Crippen molar-refractivity contribution in [3.05, 3.63) is 60.2 Å². The zero-order chi connectivity index (χ0) is 20.5. The third-order valence-corrected chi connectivity index (χ3v) is 4.76. The Balaban J connectivity index is 1.50. The van der Waals surface area contributed by atoms with Crippen molar-refractivity contribution in [1.29, 1.82) is 0 Å². The Morgan fingerprint density at radius 2 is 1.86 bits per heavy atom. The molecule has 2 atom stereocenters. The summed E-state index contributed by atoms with van der Waals surface area (Å²) in [4.78, 5) is 24.7. The Morgan fingerprint density at radius 1 is 1.10 bits per heavy atom. The number of carbonyl (C=O) groups is 2. The van der Waals surface area contributed by atoms with Crippen molar-refractivity contribution in [2.45, 2.75) is 44.8 Å². The van der Waals surface area contributed by atoms with Gasteiger partial charge >= 0.3 is 0 Å². The lowest BCUT2D eigenvalue weighted by Crippen LogP contribution is -2.35. The van der Waals surface area contributed by atoms with Gasteiger partial charge in [-0.05, 0) is 50.5 Å². The van der Waals surface area contributed by atoms with Crippen LogP contribution in [-0.4, -0.2) is 37.2 Å². The van der Waals surface area contributed by atoms with Crippen LogP contribution < -0.4 is 15.4 Å². The topological polar surface area (TPSA) is 76.7 Å². The van der Waals surface area contributed by atoms with Gasteiger partial charge in [-0.25, -0.2) is 0 Å². The molecule has 1 heterocycles. The van der Waals surface area contributed by atoms with Gasteiger partial charge in [0.2, 0.25) is 5.91 Å². The molecule has 6 nitrogen and oxygen atoms in total. The maximum Gasteiger partial charge on any atom is 0.251 e. The van der Waals surface area contributed by atoms with E-state index in [0.717, 1.165) is 25.9 Å². The number of hydrogen-bond acceptors (Lipinski definition) is 4. The number of ether oxygens (including phenoxy) is 2. The van der Waals surface area contributed by atoms with Crippen molar-refractivity contribution in [3.63, 3.8) is 0 Å². The van der Waals surface area contributed by atoms with Crippen LogP contribution in [-0.2, 0) is 9.53 Å². The Hall–Kier alpha value is -2.86. The van der Waals surface area contributed by atoms with Gasteiger partial charge in [-0.3, -0.25) is 9.59 Å². The van der Waals surface area contributed by atoms with Gasteiger partial charge in [-0.2, -0.15) is 0 Å². The van der Waals surface area contributed by atoms with E-state index >= 15 is 0 Å². The van der Waals surface area contributed by atoms with Crippen molar-refractivity contribution in [2.24, 2.45) is 0 Å². The quantitative estimate of drug-likeness (QED) is 0.712. The molecule has 1 aliphatic heterocycles. The SMILES string of the molecule is CC(CC(=O)Nc1ccccc1OCC1CCCCO1)NC(=O)c1ccccc1. The molecule has 6 heteroatoms. The zero-order valence-electron chi connectivity index (χ0n) is 16.7. The van der Waals surface area contributed by atoms with Gasteiger partial charge in [0.05, 0.1) is 11.8 Å². The first-order valence-electron chi connectivity index (χ1n) is 10.1. The summed E-state index contributed by atoms with van der Waals surface area (Å²) in [5.74, 6) is 0.244. The molecule has 154 valence electrons. The van der Waals surface area contributed by atoms with E-state index in [-0.39, 0.29) is 30.4 Å². The minimum absolute atomic E-state index is 0.0979. The molecule has 0 aromatic heterocycles. The number of hydrogen-bond donors (Lipinski definition) is 2. The van der Waals surface area contributed by atoms with Crippen LogP contribution in [0.3, 0.4) is 0 Å². The Bertz CT molecular complexity index is 804. The number of benzene rings is 2. The number of anilines is 1. The molecule has 0 aliphatic carbocycles. The molecule has 2 unspecified atom stereocenters. The van der Waals surface area contributed by atoms with Gasteiger partial charge < -0.3 is 20.1 Å². The molecule has 2 amide bonds. The van der Waals surface area contributed by atoms with Crippen LogP contribution in [0.1, 0.15) is 43.0 Å². The average molecular weight is 396 g/mol. The average Bonchev–Trinajstić information content (AvgIpc) is 2.74. The van der Waals surface area contributed by atoms with E-state index in [2.05, 4.69) is 10.6 Å². The molecule has 1 aliphatic rings. The van der Waals surface area contributed by atoms with Gasteiger partial charge in [-0.15, -0.1) is 0 Å². The monoisotopic (exact) mass is 396 g/mol. The minimum atomic E-state index is -0.300. The molecule has 0 spiro atoms. The Labute approximate surface area is 171 Å². The molecule has 2 aromatic rings. The largest absolute Gasteiger partial charge is 0.489 e. The summed E-state index contributed by atoms with van der Waals surface area (Å²) in [5, 5.41) is 5.73. The molecule has 3 rings (SSSR count). The summed E-state index contributed by atoms with van der Waals surface area (Å²) < 4.78 is 11.6. The summed E-state index contributed by atoms with van der Waals surface area (Å²) >= 11 is 0. The molecule has 2 N–H and O–H groups in total. The van der Waals surface area contributed by atoms with Crippen molar-refractivity contribution < 1.29 is 19.1 Å². The number of carbonyl (C=O) groups excluding carboxylic acids is 2. The van der Waals surface area contributed by atoms with E-state index in [4.69, 9.17) is 9.47 Å². The highest BCUT2D eigenvalue weighted by Gasteiger charge is 2.17. The third-order valence-electron chi connectivity index (χ3n) is 4.76. The van der Waals surface area contributed by atoms with Gasteiger partial charge in [0.1, 0.15) is 12.4 Å². The highest BCUT2D eigenvalue weighted by molar-refractivity contribution is 5.96. The first-order valence-corrected chi connectivity index (χ1v) is 10.1. The van der Waals surface area contributed by atoms with Crippen LogP contribution in [0.25, 0.3) is 0 Å².